The van der Waals surface area contributed by atoms with Crippen LogP contribution in [0.4, 0.5) is 0 Å². The number of hydrogen-bond donors (Lipinski definition) is 2. The van der Waals surface area contributed by atoms with Gasteiger partial charge in [-0.15, -0.1) is 0 Å². The number of carboxylic acids is 1. The van der Waals surface area contributed by atoms with E-state index < -0.39 is 5.97 Å². The summed E-state index contributed by atoms with van der Waals surface area (Å²) in [7, 11) is 0. The molecule has 0 aromatic heterocycles. The summed E-state index contributed by atoms with van der Waals surface area (Å²) >= 11 is 0. The predicted octanol–water partition coefficient (Wildman–Crippen LogP) is 1.81. The molecule has 0 heterocycles. The highest BCUT2D eigenvalue weighted by atomic mass is 16.4. The zero-order valence-electron chi connectivity index (χ0n) is 8.68. The minimum atomic E-state index is -0.687. The average molecular weight is 205 g/mol. The fraction of sp³-hybridized carbons (Fsp3) is 0.417. The minimum Gasteiger partial charge on any atom is -0.481 e. The summed E-state index contributed by atoms with van der Waals surface area (Å²) < 4.78 is 0. The second kappa shape index (κ2) is 4.03. The van der Waals surface area contributed by atoms with Crippen LogP contribution in [0.5, 0.6) is 0 Å². The average Bonchev–Trinajstić information content (AvgIpc) is 2.98. The molecule has 1 aromatic carbocycles. The first-order chi connectivity index (χ1) is 7.18. The van der Waals surface area contributed by atoms with Gasteiger partial charge in [-0.25, -0.2) is 0 Å². The maximum Gasteiger partial charge on any atom is 0.308 e. The summed E-state index contributed by atoms with van der Waals surface area (Å²) in [5, 5.41) is 12.1. The molecular formula is C12H15NO2. The molecule has 1 aromatic rings. The molecule has 0 radical (unpaired) electrons. The fourth-order valence-corrected chi connectivity index (χ4v) is 1.81. The van der Waals surface area contributed by atoms with Gasteiger partial charge in [-0.2, -0.15) is 0 Å². The SMILES string of the molecule is CC(NC1CC1C(=O)O)c1ccccc1. The molecule has 0 amide bonds. The molecule has 1 fully saturated rings. The maximum absolute atomic E-state index is 10.6. The molecule has 0 bridgehead atoms. The first-order valence-electron chi connectivity index (χ1n) is 5.22. The molecule has 3 unspecified atom stereocenters. The number of carboxylic acid groups (broad SMARTS) is 1. The lowest BCUT2D eigenvalue weighted by molar-refractivity contribution is -0.138. The summed E-state index contributed by atoms with van der Waals surface area (Å²) in [6, 6.07) is 10.4. The molecule has 1 aliphatic carbocycles. The van der Waals surface area contributed by atoms with Crippen molar-refractivity contribution < 1.29 is 9.90 Å². The van der Waals surface area contributed by atoms with E-state index in [1.54, 1.807) is 0 Å². The Balaban J connectivity index is 1.89. The third kappa shape index (κ3) is 2.36. The summed E-state index contributed by atoms with van der Waals surface area (Å²) in [5.41, 5.74) is 1.20. The number of nitrogens with one attached hydrogen (secondary N) is 1. The second-order valence-corrected chi connectivity index (χ2v) is 4.09. The van der Waals surface area contributed by atoms with Crippen LogP contribution >= 0.6 is 0 Å². The van der Waals surface area contributed by atoms with Crippen LogP contribution in [0, 0.1) is 5.92 Å². The number of aliphatic carboxylic acids is 1. The molecule has 15 heavy (non-hydrogen) atoms. The standard InChI is InChI=1S/C12H15NO2/c1-8(9-5-3-2-4-6-9)13-11-7-10(11)12(14)15/h2-6,8,10-11,13H,7H2,1H3,(H,14,15). The van der Waals surface area contributed by atoms with E-state index in [1.807, 2.05) is 18.2 Å². The Kier molecular flexibility index (Phi) is 2.73. The number of benzene rings is 1. The van der Waals surface area contributed by atoms with Crippen LogP contribution in [0.25, 0.3) is 0 Å². The van der Waals surface area contributed by atoms with Gasteiger partial charge in [0.1, 0.15) is 0 Å². The molecule has 0 aliphatic heterocycles. The van der Waals surface area contributed by atoms with Gasteiger partial charge in [0.05, 0.1) is 5.92 Å². The Morgan fingerprint density at radius 3 is 2.67 bits per heavy atom. The van der Waals surface area contributed by atoms with Gasteiger partial charge in [0.15, 0.2) is 0 Å². The van der Waals surface area contributed by atoms with Gasteiger partial charge < -0.3 is 10.4 Å². The van der Waals surface area contributed by atoms with Gasteiger partial charge >= 0.3 is 5.97 Å². The van der Waals surface area contributed by atoms with Crippen molar-refractivity contribution in [1.82, 2.24) is 5.32 Å². The molecule has 3 atom stereocenters. The zero-order valence-corrected chi connectivity index (χ0v) is 8.68. The van der Waals surface area contributed by atoms with E-state index in [-0.39, 0.29) is 18.0 Å². The number of hydrogen-bond acceptors (Lipinski definition) is 2. The van der Waals surface area contributed by atoms with Crippen molar-refractivity contribution >= 4 is 5.97 Å². The smallest absolute Gasteiger partial charge is 0.308 e. The maximum atomic E-state index is 10.6. The van der Waals surface area contributed by atoms with Crippen LogP contribution in [0.2, 0.25) is 0 Å². The largest absolute Gasteiger partial charge is 0.481 e. The number of rotatable bonds is 4. The molecule has 0 saturated heterocycles. The van der Waals surface area contributed by atoms with Crippen molar-refractivity contribution in [2.24, 2.45) is 5.92 Å². The molecule has 2 rings (SSSR count). The normalized spacial score (nSPS) is 25.9. The van der Waals surface area contributed by atoms with Gasteiger partial charge in [-0.1, -0.05) is 30.3 Å². The van der Waals surface area contributed by atoms with Gasteiger partial charge in [0.25, 0.3) is 0 Å². The van der Waals surface area contributed by atoms with Crippen LogP contribution in [-0.4, -0.2) is 17.1 Å². The summed E-state index contributed by atoms with van der Waals surface area (Å²) in [5.74, 6) is -0.871. The Hall–Kier alpha value is -1.35. The molecule has 1 aliphatic rings. The molecule has 2 N–H and O–H groups in total. The molecule has 3 heteroatoms. The number of carbonyl (C=O) groups is 1. The molecule has 1 saturated carbocycles. The highest BCUT2D eigenvalue weighted by Crippen LogP contribution is 2.32. The van der Waals surface area contributed by atoms with E-state index in [4.69, 9.17) is 5.11 Å². The van der Waals surface area contributed by atoms with E-state index in [9.17, 15) is 4.79 Å². The lowest BCUT2D eigenvalue weighted by Crippen LogP contribution is -2.24. The quantitative estimate of drug-likeness (QED) is 0.788. The topological polar surface area (TPSA) is 49.3 Å². The zero-order chi connectivity index (χ0) is 10.8. The van der Waals surface area contributed by atoms with Crippen molar-refractivity contribution in [3.63, 3.8) is 0 Å². The molecule has 0 spiro atoms. The lowest BCUT2D eigenvalue weighted by Gasteiger charge is -2.13. The first-order valence-corrected chi connectivity index (χ1v) is 5.22. The van der Waals surface area contributed by atoms with E-state index in [0.29, 0.717) is 0 Å². The highest BCUT2D eigenvalue weighted by molar-refractivity contribution is 5.74. The fourth-order valence-electron chi connectivity index (χ4n) is 1.81. The molecular weight excluding hydrogens is 190 g/mol. The van der Waals surface area contributed by atoms with Crippen molar-refractivity contribution in [2.45, 2.75) is 25.4 Å². The minimum absolute atomic E-state index is 0.151. The van der Waals surface area contributed by atoms with Crippen LogP contribution < -0.4 is 5.32 Å². The van der Waals surface area contributed by atoms with Crippen LogP contribution in [0.15, 0.2) is 30.3 Å². The van der Waals surface area contributed by atoms with Crippen molar-refractivity contribution in [3.8, 4) is 0 Å². The predicted molar refractivity (Wildman–Crippen MR) is 57.5 cm³/mol. The lowest BCUT2D eigenvalue weighted by atomic mass is 10.1. The van der Waals surface area contributed by atoms with E-state index in [0.717, 1.165) is 6.42 Å². The van der Waals surface area contributed by atoms with Crippen LogP contribution in [-0.2, 0) is 4.79 Å². The van der Waals surface area contributed by atoms with Gasteiger partial charge in [0.2, 0.25) is 0 Å². The van der Waals surface area contributed by atoms with Gasteiger partial charge in [-0.05, 0) is 18.9 Å². The Labute approximate surface area is 89.1 Å². The van der Waals surface area contributed by atoms with Crippen LogP contribution in [0.1, 0.15) is 24.9 Å². The summed E-state index contributed by atoms with van der Waals surface area (Å²) in [6.07, 6.45) is 0.756. The van der Waals surface area contributed by atoms with E-state index in [2.05, 4.69) is 24.4 Å². The molecule has 80 valence electrons. The Bertz CT molecular complexity index is 350. The third-order valence-corrected chi connectivity index (χ3v) is 2.87. The van der Waals surface area contributed by atoms with Crippen LogP contribution in [0.3, 0.4) is 0 Å². The summed E-state index contributed by atoms with van der Waals surface area (Å²) in [6.45, 7) is 2.06. The monoisotopic (exact) mass is 205 g/mol. The second-order valence-electron chi connectivity index (χ2n) is 4.09. The van der Waals surface area contributed by atoms with E-state index in [1.165, 1.54) is 5.56 Å². The molecule has 3 nitrogen and oxygen atoms in total. The van der Waals surface area contributed by atoms with Gasteiger partial charge in [-0.3, -0.25) is 4.79 Å². The third-order valence-electron chi connectivity index (χ3n) is 2.87. The Morgan fingerprint density at radius 1 is 1.47 bits per heavy atom. The highest BCUT2D eigenvalue weighted by Gasteiger charge is 2.43. The van der Waals surface area contributed by atoms with E-state index >= 15 is 0 Å². The first kappa shape index (κ1) is 10.2. The van der Waals surface area contributed by atoms with Gasteiger partial charge in [0, 0.05) is 12.1 Å². The van der Waals surface area contributed by atoms with Crippen molar-refractivity contribution in [1.29, 1.82) is 0 Å². The van der Waals surface area contributed by atoms with Crippen molar-refractivity contribution in [2.75, 3.05) is 0 Å². The summed E-state index contributed by atoms with van der Waals surface area (Å²) in [4.78, 5) is 10.6. The Morgan fingerprint density at radius 2 is 2.13 bits per heavy atom. The van der Waals surface area contributed by atoms with Crippen molar-refractivity contribution in [3.05, 3.63) is 35.9 Å².